The number of hydrogen-bond acceptors (Lipinski definition) is 2. The van der Waals surface area contributed by atoms with Crippen molar-refractivity contribution < 1.29 is 4.79 Å². The van der Waals surface area contributed by atoms with Crippen molar-refractivity contribution in [2.75, 3.05) is 6.54 Å². The van der Waals surface area contributed by atoms with Crippen LogP contribution in [0.3, 0.4) is 0 Å². The molecule has 0 spiro atoms. The van der Waals surface area contributed by atoms with Gasteiger partial charge < -0.3 is 16.4 Å². The fourth-order valence-corrected chi connectivity index (χ4v) is 2.26. The maximum atomic E-state index is 11.7. The van der Waals surface area contributed by atoms with Crippen LogP contribution in [0.5, 0.6) is 0 Å². The molecule has 0 saturated heterocycles. The fraction of sp³-hybridized carbons (Fsp3) is 0.917. The summed E-state index contributed by atoms with van der Waals surface area (Å²) in [5, 5.41) is 5.98. The van der Waals surface area contributed by atoms with Gasteiger partial charge in [-0.1, -0.05) is 32.6 Å². The highest BCUT2D eigenvalue weighted by Crippen LogP contribution is 2.17. The molecule has 1 atom stereocenters. The second kappa shape index (κ2) is 7.49. The van der Waals surface area contributed by atoms with Gasteiger partial charge in [-0.15, -0.1) is 0 Å². The van der Waals surface area contributed by atoms with E-state index in [-0.39, 0.29) is 12.1 Å². The standard InChI is InChI=1S/C12H25N3O/c1-2-6-11(9-13)15-12(16)14-10-7-4-3-5-8-10/h10-11H,2-9,13H2,1H3,(H2,14,15,16). The summed E-state index contributed by atoms with van der Waals surface area (Å²) in [7, 11) is 0. The Bertz CT molecular complexity index is 194. The third-order valence-electron chi connectivity index (χ3n) is 3.20. The van der Waals surface area contributed by atoms with E-state index in [2.05, 4.69) is 17.6 Å². The fourth-order valence-electron chi connectivity index (χ4n) is 2.26. The third kappa shape index (κ3) is 4.84. The highest BCUT2D eigenvalue weighted by molar-refractivity contribution is 5.74. The minimum atomic E-state index is -0.0456. The zero-order valence-corrected chi connectivity index (χ0v) is 10.3. The maximum absolute atomic E-state index is 11.7. The minimum Gasteiger partial charge on any atom is -0.335 e. The average Bonchev–Trinajstić information content (AvgIpc) is 2.29. The first-order valence-electron chi connectivity index (χ1n) is 6.53. The molecular formula is C12H25N3O. The van der Waals surface area contributed by atoms with Crippen LogP contribution in [0.4, 0.5) is 4.79 Å². The van der Waals surface area contributed by atoms with Crippen LogP contribution in [0.1, 0.15) is 51.9 Å². The molecule has 1 rings (SSSR count). The predicted octanol–water partition coefficient (Wildman–Crippen LogP) is 1.75. The molecule has 0 radical (unpaired) electrons. The summed E-state index contributed by atoms with van der Waals surface area (Å²) in [4.78, 5) is 11.7. The van der Waals surface area contributed by atoms with Crippen molar-refractivity contribution in [3.63, 3.8) is 0 Å². The third-order valence-corrected chi connectivity index (χ3v) is 3.20. The molecule has 0 heterocycles. The lowest BCUT2D eigenvalue weighted by Gasteiger charge is -2.24. The molecule has 2 amide bonds. The Morgan fingerprint density at radius 1 is 1.38 bits per heavy atom. The van der Waals surface area contributed by atoms with Gasteiger partial charge in [0.1, 0.15) is 0 Å². The Morgan fingerprint density at radius 2 is 2.06 bits per heavy atom. The maximum Gasteiger partial charge on any atom is 0.315 e. The molecule has 1 aliphatic carbocycles. The molecule has 16 heavy (non-hydrogen) atoms. The number of amides is 2. The van der Waals surface area contributed by atoms with Gasteiger partial charge in [-0.25, -0.2) is 4.79 Å². The molecule has 1 saturated carbocycles. The van der Waals surface area contributed by atoms with E-state index < -0.39 is 0 Å². The van der Waals surface area contributed by atoms with E-state index >= 15 is 0 Å². The highest BCUT2D eigenvalue weighted by atomic mass is 16.2. The number of urea groups is 1. The number of nitrogens with two attached hydrogens (primary N) is 1. The van der Waals surface area contributed by atoms with E-state index in [0.29, 0.717) is 12.6 Å². The van der Waals surface area contributed by atoms with Gasteiger partial charge in [0.2, 0.25) is 0 Å². The van der Waals surface area contributed by atoms with Crippen LogP contribution in [-0.2, 0) is 0 Å². The van der Waals surface area contributed by atoms with Crippen molar-refractivity contribution in [1.82, 2.24) is 10.6 Å². The first-order valence-corrected chi connectivity index (χ1v) is 6.53. The summed E-state index contributed by atoms with van der Waals surface area (Å²) < 4.78 is 0. The molecule has 0 aromatic rings. The zero-order chi connectivity index (χ0) is 11.8. The molecule has 4 N–H and O–H groups in total. The molecule has 4 heteroatoms. The molecule has 0 bridgehead atoms. The van der Waals surface area contributed by atoms with Crippen molar-refractivity contribution >= 4 is 6.03 Å². The highest BCUT2D eigenvalue weighted by Gasteiger charge is 2.16. The molecule has 4 nitrogen and oxygen atoms in total. The summed E-state index contributed by atoms with van der Waals surface area (Å²) in [6.45, 7) is 2.62. The van der Waals surface area contributed by atoms with Crippen molar-refractivity contribution in [1.29, 1.82) is 0 Å². The van der Waals surface area contributed by atoms with Gasteiger partial charge in [-0.05, 0) is 19.3 Å². The van der Waals surface area contributed by atoms with E-state index in [9.17, 15) is 4.79 Å². The van der Waals surface area contributed by atoms with Gasteiger partial charge in [-0.2, -0.15) is 0 Å². The Balaban J connectivity index is 2.22. The van der Waals surface area contributed by atoms with Gasteiger partial charge in [0.05, 0.1) is 0 Å². The summed E-state index contributed by atoms with van der Waals surface area (Å²) in [5.41, 5.74) is 5.60. The molecule has 1 aliphatic rings. The van der Waals surface area contributed by atoms with Gasteiger partial charge in [0, 0.05) is 18.6 Å². The molecule has 0 aromatic heterocycles. The smallest absolute Gasteiger partial charge is 0.315 e. The van der Waals surface area contributed by atoms with Crippen LogP contribution in [0.15, 0.2) is 0 Å². The number of carbonyl (C=O) groups excluding carboxylic acids is 1. The lowest BCUT2D eigenvalue weighted by atomic mass is 9.96. The first-order chi connectivity index (χ1) is 7.76. The number of hydrogen-bond donors (Lipinski definition) is 3. The van der Waals surface area contributed by atoms with E-state index in [1.807, 2.05) is 0 Å². The molecule has 1 unspecified atom stereocenters. The second-order valence-corrected chi connectivity index (χ2v) is 4.67. The Kier molecular flexibility index (Phi) is 6.23. The lowest BCUT2D eigenvalue weighted by Crippen LogP contribution is -2.48. The number of rotatable bonds is 5. The Labute approximate surface area is 98.3 Å². The van der Waals surface area contributed by atoms with Gasteiger partial charge >= 0.3 is 6.03 Å². The Hall–Kier alpha value is -0.770. The predicted molar refractivity (Wildman–Crippen MR) is 66.3 cm³/mol. The molecule has 0 aromatic carbocycles. The quantitative estimate of drug-likeness (QED) is 0.670. The van der Waals surface area contributed by atoms with E-state index in [1.165, 1.54) is 19.3 Å². The number of nitrogens with one attached hydrogen (secondary N) is 2. The second-order valence-electron chi connectivity index (χ2n) is 4.67. The van der Waals surface area contributed by atoms with Gasteiger partial charge in [0.25, 0.3) is 0 Å². The van der Waals surface area contributed by atoms with Gasteiger partial charge in [0.15, 0.2) is 0 Å². The van der Waals surface area contributed by atoms with E-state index in [0.717, 1.165) is 25.7 Å². The van der Waals surface area contributed by atoms with Crippen LogP contribution in [-0.4, -0.2) is 24.7 Å². The molecule has 94 valence electrons. The van der Waals surface area contributed by atoms with Crippen molar-refractivity contribution in [3.8, 4) is 0 Å². The molecule has 1 fully saturated rings. The van der Waals surface area contributed by atoms with Crippen LogP contribution in [0, 0.1) is 0 Å². The summed E-state index contributed by atoms with van der Waals surface area (Å²) in [6, 6.07) is 0.443. The summed E-state index contributed by atoms with van der Waals surface area (Å²) in [6.07, 6.45) is 8.02. The van der Waals surface area contributed by atoms with Crippen molar-refractivity contribution in [2.45, 2.75) is 64.0 Å². The Morgan fingerprint density at radius 3 is 2.62 bits per heavy atom. The van der Waals surface area contributed by atoms with Crippen molar-refractivity contribution in [3.05, 3.63) is 0 Å². The molecule has 0 aliphatic heterocycles. The SMILES string of the molecule is CCCC(CN)NC(=O)NC1CCCCC1. The van der Waals surface area contributed by atoms with Crippen LogP contribution in [0.25, 0.3) is 0 Å². The van der Waals surface area contributed by atoms with E-state index in [1.54, 1.807) is 0 Å². The average molecular weight is 227 g/mol. The largest absolute Gasteiger partial charge is 0.335 e. The molecular weight excluding hydrogens is 202 g/mol. The summed E-state index contributed by atoms with van der Waals surface area (Å²) >= 11 is 0. The van der Waals surface area contributed by atoms with Crippen molar-refractivity contribution in [2.24, 2.45) is 5.73 Å². The number of carbonyl (C=O) groups is 1. The van der Waals surface area contributed by atoms with E-state index in [4.69, 9.17) is 5.73 Å². The lowest BCUT2D eigenvalue weighted by molar-refractivity contribution is 0.228. The zero-order valence-electron chi connectivity index (χ0n) is 10.3. The minimum absolute atomic E-state index is 0.0456. The topological polar surface area (TPSA) is 67.1 Å². The van der Waals surface area contributed by atoms with Crippen LogP contribution >= 0.6 is 0 Å². The normalized spacial score (nSPS) is 19.1. The monoisotopic (exact) mass is 227 g/mol. The van der Waals surface area contributed by atoms with Crippen LogP contribution in [0.2, 0.25) is 0 Å². The first kappa shape index (κ1) is 13.3. The van der Waals surface area contributed by atoms with Crippen LogP contribution < -0.4 is 16.4 Å². The van der Waals surface area contributed by atoms with Gasteiger partial charge in [-0.3, -0.25) is 0 Å². The summed E-state index contributed by atoms with van der Waals surface area (Å²) in [5.74, 6) is 0.